The maximum absolute atomic E-state index is 14.6. The first-order chi connectivity index (χ1) is 32.2. The van der Waals surface area contributed by atoms with Crippen LogP contribution in [-0.4, -0.2) is 80.6 Å². The number of amides is 2. The number of anilines is 2. The van der Waals surface area contributed by atoms with Crippen molar-refractivity contribution in [2.24, 2.45) is 5.92 Å². The number of aromatic nitrogens is 3. The molecule has 11 nitrogen and oxygen atoms in total. The third kappa shape index (κ3) is 8.65. The molecular formula is C55H63N7O4. The highest BCUT2D eigenvalue weighted by Crippen LogP contribution is 2.50. The molecule has 6 aromatic rings. The molecule has 0 radical (unpaired) electrons. The Bertz CT molecular complexity index is 2810. The number of nitrogens with one attached hydrogen (secondary N) is 3. The van der Waals surface area contributed by atoms with Crippen LogP contribution in [-0.2, 0) is 16.1 Å². The van der Waals surface area contributed by atoms with Crippen molar-refractivity contribution in [2.75, 3.05) is 42.9 Å². The molecule has 1 atom stereocenters. The molecule has 0 bridgehead atoms. The van der Waals surface area contributed by atoms with Crippen molar-refractivity contribution in [3.05, 3.63) is 107 Å². The Balaban J connectivity index is 1.03. The molecule has 342 valence electrons. The number of fused-ring (bicyclic) bond motifs is 7. The van der Waals surface area contributed by atoms with Gasteiger partial charge >= 0.3 is 5.97 Å². The SMILES string of the molecule is CCN1CCCC(CCN2CCn3c(c(C4CCCCC4)c4ccc(C(=O)NC5(C(=O)Nc6ccc(C=CC(=O)O)cc6)CCCC5)cc43)-c3ccc4[nH]c(-c5cc(C)ccn5)cc4c32)C1. The highest BCUT2D eigenvalue weighted by atomic mass is 16.4. The number of aromatic amines is 1. The Morgan fingerprint density at radius 3 is 2.47 bits per heavy atom. The topological polar surface area (TPSA) is 136 Å². The van der Waals surface area contributed by atoms with Crippen LogP contribution in [0.1, 0.15) is 117 Å². The Kier molecular flexibility index (Phi) is 12.3. The molecule has 66 heavy (non-hydrogen) atoms. The first-order valence-corrected chi connectivity index (χ1v) is 24.5. The average Bonchev–Trinajstić information content (AvgIpc) is 4.06. The van der Waals surface area contributed by atoms with Crippen molar-refractivity contribution < 1.29 is 19.5 Å². The third-order valence-corrected chi connectivity index (χ3v) is 15.2. The molecule has 0 spiro atoms. The fourth-order valence-electron chi connectivity index (χ4n) is 11.7. The van der Waals surface area contributed by atoms with Crippen LogP contribution in [0.4, 0.5) is 11.4 Å². The number of carbonyl (C=O) groups is 3. The third-order valence-electron chi connectivity index (χ3n) is 15.2. The summed E-state index contributed by atoms with van der Waals surface area (Å²) in [6.07, 6.45) is 17.0. The molecule has 3 aromatic carbocycles. The van der Waals surface area contributed by atoms with Crippen LogP contribution >= 0.6 is 0 Å². The summed E-state index contributed by atoms with van der Waals surface area (Å²) in [6.45, 7) is 10.5. The summed E-state index contributed by atoms with van der Waals surface area (Å²) >= 11 is 0. The van der Waals surface area contributed by atoms with E-state index in [2.05, 4.69) is 80.2 Å². The number of H-pyrrole nitrogens is 1. The number of carboxylic acid groups (broad SMARTS) is 1. The van der Waals surface area contributed by atoms with Gasteiger partial charge in [0.15, 0.2) is 0 Å². The Hall–Kier alpha value is -6.20. The van der Waals surface area contributed by atoms with Crippen LogP contribution in [0.5, 0.6) is 0 Å². The number of aryl methyl sites for hydroxylation is 1. The van der Waals surface area contributed by atoms with E-state index in [0.717, 1.165) is 86.8 Å². The molecule has 2 aliphatic heterocycles. The van der Waals surface area contributed by atoms with E-state index in [1.807, 2.05) is 18.3 Å². The summed E-state index contributed by atoms with van der Waals surface area (Å²) in [5.74, 6) is -0.411. The Morgan fingerprint density at radius 1 is 0.879 bits per heavy atom. The van der Waals surface area contributed by atoms with Crippen LogP contribution in [0.2, 0.25) is 0 Å². The smallest absolute Gasteiger partial charge is 0.328 e. The molecule has 2 amide bonds. The zero-order chi connectivity index (χ0) is 45.4. The van der Waals surface area contributed by atoms with E-state index < -0.39 is 11.5 Å². The summed E-state index contributed by atoms with van der Waals surface area (Å²) in [5, 5.41) is 17.8. The fraction of sp³-hybridized carbons (Fsp3) is 0.418. The molecule has 4 N–H and O–H groups in total. The molecule has 3 aromatic heterocycles. The van der Waals surface area contributed by atoms with Gasteiger partial charge in [-0.15, -0.1) is 0 Å². The number of hydrogen-bond donors (Lipinski definition) is 4. The second-order valence-corrected chi connectivity index (χ2v) is 19.5. The van der Waals surface area contributed by atoms with E-state index in [1.54, 1.807) is 24.3 Å². The highest BCUT2D eigenvalue weighted by Gasteiger charge is 2.43. The number of piperidine rings is 1. The van der Waals surface area contributed by atoms with E-state index in [1.165, 1.54) is 90.1 Å². The summed E-state index contributed by atoms with van der Waals surface area (Å²) in [7, 11) is 0. The normalized spacial score (nSPS) is 18.9. The van der Waals surface area contributed by atoms with E-state index in [4.69, 9.17) is 10.1 Å². The number of hydrogen-bond acceptors (Lipinski definition) is 6. The molecule has 1 saturated heterocycles. The first-order valence-electron chi connectivity index (χ1n) is 24.5. The lowest BCUT2D eigenvalue weighted by atomic mass is 9.81. The predicted molar refractivity (Wildman–Crippen MR) is 265 cm³/mol. The number of nitrogens with zero attached hydrogens (tertiary/aromatic N) is 4. The summed E-state index contributed by atoms with van der Waals surface area (Å²) in [4.78, 5) is 53.5. The van der Waals surface area contributed by atoms with Crippen molar-refractivity contribution in [3.63, 3.8) is 0 Å². The first kappa shape index (κ1) is 43.7. The maximum atomic E-state index is 14.6. The van der Waals surface area contributed by atoms with Gasteiger partial charge in [0.25, 0.3) is 5.91 Å². The van der Waals surface area contributed by atoms with Gasteiger partial charge in [0.05, 0.1) is 22.8 Å². The monoisotopic (exact) mass is 885 g/mol. The number of likely N-dealkylation sites (tertiary alicyclic amines) is 1. The summed E-state index contributed by atoms with van der Waals surface area (Å²) in [6, 6.07) is 24.5. The molecule has 1 unspecified atom stereocenters. The van der Waals surface area contributed by atoms with Crippen molar-refractivity contribution in [3.8, 4) is 22.6 Å². The Labute approximate surface area is 387 Å². The number of rotatable bonds is 12. The van der Waals surface area contributed by atoms with Gasteiger partial charge in [0.2, 0.25) is 5.91 Å². The van der Waals surface area contributed by atoms with Gasteiger partial charge in [0.1, 0.15) is 5.54 Å². The lowest BCUT2D eigenvalue weighted by molar-refractivity contribution is -0.131. The van der Waals surface area contributed by atoms with E-state index in [0.29, 0.717) is 41.5 Å². The van der Waals surface area contributed by atoms with Crippen LogP contribution in [0.15, 0.2) is 85.1 Å². The molecule has 10 rings (SSSR count). The minimum atomic E-state index is -1.04. The van der Waals surface area contributed by atoms with Gasteiger partial charge in [-0.1, -0.05) is 57.2 Å². The van der Waals surface area contributed by atoms with Gasteiger partial charge in [0, 0.05) is 77.1 Å². The summed E-state index contributed by atoms with van der Waals surface area (Å²) < 4.78 is 2.53. The standard InChI is InChI=1S/C55H63N7O4/c1-3-60-28-9-10-38(35-60)24-29-61-30-31-62-48-33-40(53(65)59-55(25-7-8-26-55)54(66)57-41-17-13-37(14-18-41)15-22-49(63)64)16-19-42(48)50(39-11-5-4-6-12-39)52(62)43-20-21-45-44(51(43)61)34-47(58-45)46-32-36(2)23-27-56-46/h13-23,27,32-34,38-39,58H,3-12,24-26,28-31,35H2,1-2H3,(H,57,66)(H,59,65)(H,63,64). The zero-order valence-corrected chi connectivity index (χ0v) is 38.5. The number of pyridine rings is 1. The van der Waals surface area contributed by atoms with Crippen LogP contribution < -0.4 is 15.5 Å². The van der Waals surface area contributed by atoms with Crippen LogP contribution in [0.25, 0.3) is 50.5 Å². The minimum Gasteiger partial charge on any atom is -0.478 e. The van der Waals surface area contributed by atoms with E-state index >= 15 is 0 Å². The van der Waals surface area contributed by atoms with E-state index in [-0.39, 0.29) is 11.8 Å². The molecule has 5 heterocycles. The molecule has 2 saturated carbocycles. The number of carboxylic acids is 1. The number of carbonyl (C=O) groups excluding carboxylic acids is 2. The zero-order valence-electron chi connectivity index (χ0n) is 38.5. The van der Waals surface area contributed by atoms with Crippen molar-refractivity contribution in [2.45, 2.75) is 109 Å². The second-order valence-electron chi connectivity index (χ2n) is 19.5. The van der Waals surface area contributed by atoms with Crippen molar-refractivity contribution in [1.82, 2.24) is 24.8 Å². The quantitative estimate of drug-likeness (QED) is 0.0899. The van der Waals surface area contributed by atoms with Gasteiger partial charge in [-0.05, 0) is 154 Å². The Morgan fingerprint density at radius 2 is 1.70 bits per heavy atom. The van der Waals surface area contributed by atoms with Crippen LogP contribution in [0, 0.1) is 12.8 Å². The summed E-state index contributed by atoms with van der Waals surface area (Å²) in [5.41, 5.74) is 11.4. The lowest BCUT2D eigenvalue weighted by Crippen LogP contribution is -2.55. The number of benzene rings is 3. The maximum Gasteiger partial charge on any atom is 0.328 e. The highest BCUT2D eigenvalue weighted by molar-refractivity contribution is 6.08. The van der Waals surface area contributed by atoms with E-state index in [9.17, 15) is 14.4 Å². The molecule has 11 heteroatoms. The number of aliphatic carboxylic acids is 1. The van der Waals surface area contributed by atoms with Gasteiger partial charge < -0.3 is 35.1 Å². The van der Waals surface area contributed by atoms with Gasteiger partial charge in [-0.2, -0.15) is 0 Å². The van der Waals surface area contributed by atoms with Crippen molar-refractivity contribution in [1.29, 1.82) is 0 Å². The van der Waals surface area contributed by atoms with Crippen LogP contribution in [0.3, 0.4) is 0 Å². The predicted octanol–water partition coefficient (Wildman–Crippen LogP) is 10.9. The minimum absolute atomic E-state index is 0.232. The molecule has 2 aliphatic carbocycles. The average molecular weight is 886 g/mol. The fourth-order valence-corrected chi connectivity index (χ4v) is 11.7. The second kappa shape index (κ2) is 18.6. The lowest BCUT2D eigenvalue weighted by Gasteiger charge is -2.34. The molecular weight excluding hydrogens is 823 g/mol. The van der Waals surface area contributed by atoms with Gasteiger partial charge in [-0.3, -0.25) is 14.6 Å². The largest absolute Gasteiger partial charge is 0.478 e. The molecule has 4 aliphatic rings. The van der Waals surface area contributed by atoms with Crippen molar-refractivity contribution >= 4 is 57.0 Å². The molecule has 3 fully saturated rings. The van der Waals surface area contributed by atoms with Gasteiger partial charge in [-0.25, -0.2) is 4.79 Å².